The topological polar surface area (TPSA) is 67.8 Å². The first kappa shape index (κ1) is 19.2. The van der Waals surface area contributed by atoms with Crippen LogP contribution < -0.4 is 9.64 Å². The number of likely N-dealkylation sites (N-methyl/N-ethyl adjacent to an activating group) is 1. The second-order valence-electron chi connectivity index (χ2n) is 7.90. The van der Waals surface area contributed by atoms with Gasteiger partial charge in [-0.2, -0.15) is 0 Å². The summed E-state index contributed by atoms with van der Waals surface area (Å²) in [6.07, 6.45) is 1.65. The predicted molar refractivity (Wildman–Crippen MR) is 105 cm³/mol. The molecule has 1 aromatic carbocycles. The second-order valence-corrected chi connectivity index (χ2v) is 7.90. The molecule has 2 heterocycles. The van der Waals surface area contributed by atoms with Gasteiger partial charge >= 0.3 is 6.09 Å². The van der Waals surface area contributed by atoms with E-state index >= 15 is 0 Å². The number of likely N-dealkylation sites (tertiary alicyclic amines) is 1. The molecule has 0 aliphatic carbocycles. The Labute approximate surface area is 160 Å². The molecule has 1 aromatic heterocycles. The number of benzene rings is 1. The maximum Gasteiger partial charge on any atom is 0.410 e. The molecule has 146 valence electrons. The van der Waals surface area contributed by atoms with E-state index in [9.17, 15) is 4.79 Å². The fourth-order valence-corrected chi connectivity index (χ4v) is 3.35. The molecule has 1 aliphatic heterocycles. The third-order valence-corrected chi connectivity index (χ3v) is 4.57. The number of fused-ring (bicyclic) bond motifs is 1. The van der Waals surface area contributed by atoms with Gasteiger partial charge in [0, 0.05) is 20.1 Å². The van der Waals surface area contributed by atoms with E-state index in [1.54, 1.807) is 7.11 Å². The quantitative estimate of drug-likeness (QED) is 0.819. The molecule has 1 amide bonds. The van der Waals surface area contributed by atoms with Gasteiger partial charge in [-0.25, -0.2) is 14.8 Å². The summed E-state index contributed by atoms with van der Waals surface area (Å²) >= 11 is 0. The van der Waals surface area contributed by atoms with Crippen LogP contribution in [0.3, 0.4) is 0 Å². The highest BCUT2D eigenvalue weighted by Gasteiger charge is 2.33. The van der Waals surface area contributed by atoms with E-state index in [1.165, 1.54) is 0 Å². The predicted octanol–water partition coefficient (Wildman–Crippen LogP) is 3.47. The zero-order chi connectivity index (χ0) is 19.6. The Bertz CT molecular complexity index is 818. The summed E-state index contributed by atoms with van der Waals surface area (Å²) < 4.78 is 11.0. The van der Waals surface area contributed by atoms with Crippen LogP contribution in [0, 0.1) is 0 Å². The van der Waals surface area contributed by atoms with Crippen molar-refractivity contribution in [1.82, 2.24) is 14.9 Å². The molecule has 3 rings (SSSR count). The fraction of sp³-hybridized carbons (Fsp3) is 0.550. The lowest BCUT2D eigenvalue weighted by molar-refractivity contribution is 0.0232. The molecular weight excluding hydrogens is 344 g/mol. The Balaban J connectivity index is 1.79. The number of aromatic nitrogens is 2. The summed E-state index contributed by atoms with van der Waals surface area (Å²) in [5, 5.41) is 0. The van der Waals surface area contributed by atoms with E-state index in [2.05, 4.69) is 4.98 Å². The molecule has 0 saturated carbocycles. The number of para-hydroxylation sites is 2. The molecule has 1 atom stereocenters. The molecule has 2 aromatic rings. The minimum atomic E-state index is -0.497. The van der Waals surface area contributed by atoms with Gasteiger partial charge in [0.2, 0.25) is 0 Å². The molecule has 1 fully saturated rings. The number of amides is 1. The number of carbonyl (C=O) groups is 1. The van der Waals surface area contributed by atoms with Gasteiger partial charge in [0.1, 0.15) is 5.60 Å². The fourth-order valence-electron chi connectivity index (χ4n) is 3.35. The van der Waals surface area contributed by atoms with Crippen molar-refractivity contribution < 1.29 is 14.3 Å². The third-order valence-electron chi connectivity index (χ3n) is 4.57. The molecule has 1 unspecified atom stereocenters. The molecule has 27 heavy (non-hydrogen) atoms. The molecule has 1 saturated heterocycles. The van der Waals surface area contributed by atoms with E-state index in [4.69, 9.17) is 14.5 Å². The number of hydrogen-bond acceptors (Lipinski definition) is 6. The average Bonchev–Trinajstić information content (AvgIpc) is 3.07. The number of carbonyl (C=O) groups excluding carboxylic acids is 1. The van der Waals surface area contributed by atoms with Crippen molar-refractivity contribution in [3.05, 3.63) is 24.3 Å². The Morgan fingerprint density at radius 3 is 2.56 bits per heavy atom. The maximum absolute atomic E-state index is 12.5. The summed E-state index contributed by atoms with van der Waals surface area (Å²) in [6.45, 7) is 7.02. The Morgan fingerprint density at radius 2 is 1.93 bits per heavy atom. The highest BCUT2D eigenvalue weighted by atomic mass is 16.6. The lowest BCUT2D eigenvalue weighted by Gasteiger charge is -2.31. The van der Waals surface area contributed by atoms with Crippen LogP contribution in [0.15, 0.2) is 24.3 Å². The summed E-state index contributed by atoms with van der Waals surface area (Å²) in [4.78, 5) is 25.6. The van der Waals surface area contributed by atoms with Gasteiger partial charge in [-0.1, -0.05) is 12.1 Å². The van der Waals surface area contributed by atoms with Crippen LogP contribution in [0.5, 0.6) is 5.88 Å². The summed E-state index contributed by atoms with van der Waals surface area (Å²) in [7, 11) is 3.55. The van der Waals surface area contributed by atoms with E-state index in [-0.39, 0.29) is 12.1 Å². The van der Waals surface area contributed by atoms with Gasteiger partial charge in [-0.05, 0) is 45.7 Å². The first-order valence-corrected chi connectivity index (χ1v) is 9.30. The lowest BCUT2D eigenvalue weighted by Crippen LogP contribution is -2.44. The maximum atomic E-state index is 12.5. The Morgan fingerprint density at radius 1 is 1.26 bits per heavy atom. The number of ether oxygens (including phenoxy) is 2. The first-order chi connectivity index (χ1) is 12.8. The summed E-state index contributed by atoms with van der Waals surface area (Å²) in [6, 6.07) is 7.78. The second kappa shape index (κ2) is 7.58. The zero-order valence-electron chi connectivity index (χ0n) is 16.7. The Hall–Kier alpha value is -2.57. The van der Waals surface area contributed by atoms with E-state index in [1.807, 2.05) is 61.9 Å². The standard InChI is InChI=1S/C20H28N4O3/c1-20(2,3)27-19(25)24-12-8-9-14(24)13-23(4)17-18(26-5)22-16-11-7-6-10-15(16)21-17/h6-7,10-11,14H,8-9,12-13H2,1-5H3. The smallest absolute Gasteiger partial charge is 0.410 e. The van der Waals surface area contributed by atoms with Crippen molar-refractivity contribution in [3.63, 3.8) is 0 Å². The minimum absolute atomic E-state index is 0.0721. The number of methoxy groups -OCH3 is 1. The molecule has 0 radical (unpaired) electrons. The SMILES string of the molecule is COc1nc2ccccc2nc1N(C)CC1CCCN1C(=O)OC(C)(C)C. The van der Waals surface area contributed by atoms with Gasteiger partial charge in [0.15, 0.2) is 5.82 Å². The van der Waals surface area contributed by atoms with Gasteiger partial charge in [-0.3, -0.25) is 0 Å². The number of rotatable bonds is 4. The third kappa shape index (κ3) is 4.40. The molecule has 7 nitrogen and oxygen atoms in total. The number of anilines is 1. The van der Waals surface area contributed by atoms with Crippen molar-refractivity contribution in [3.8, 4) is 5.88 Å². The summed E-state index contributed by atoms with van der Waals surface area (Å²) in [5.74, 6) is 1.16. The highest BCUT2D eigenvalue weighted by Crippen LogP contribution is 2.28. The lowest BCUT2D eigenvalue weighted by atomic mass is 10.2. The van der Waals surface area contributed by atoms with E-state index in [0.717, 1.165) is 23.9 Å². The zero-order valence-corrected chi connectivity index (χ0v) is 16.7. The highest BCUT2D eigenvalue weighted by molar-refractivity contribution is 5.77. The number of nitrogens with zero attached hydrogens (tertiary/aromatic N) is 4. The van der Waals surface area contributed by atoms with Crippen molar-refractivity contribution in [2.24, 2.45) is 0 Å². The van der Waals surface area contributed by atoms with E-state index in [0.29, 0.717) is 24.8 Å². The van der Waals surface area contributed by atoms with Crippen LogP contribution in [-0.4, -0.2) is 59.9 Å². The van der Waals surface area contributed by atoms with Gasteiger partial charge in [0.25, 0.3) is 5.88 Å². The Kier molecular flexibility index (Phi) is 5.39. The van der Waals surface area contributed by atoms with Crippen molar-refractivity contribution in [2.45, 2.75) is 45.3 Å². The van der Waals surface area contributed by atoms with E-state index < -0.39 is 5.60 Å². The largest absolute Gasteiger partial charge is 0.478 e. The van der Waals surface area contributed by atoms with Gasteiger partial charge < -0.3 is 19.3 Å². The average molecular weight is 372 g/mol. The van der Waals surface area contributed by atoms with Gasteiger partial charge in [-0.15, -0.1) is 0 Å². The van der Waals surface area contributed by atoms with Crippen LogP contribution in [0.25, 0.3) is 11.0 Å². The molecule has 7 heteroatoms. The number of hydrogen-bond donors (Lipinski definition) is 0. The van der Waals surface area contributed by atoms with Crippen molar-refractivity contribution in [1.29, 1.82) is 0 Å². The van der Waals surface area contributed by atoms with Crippen LogP contribution in [0.4, 0.5) is 10.6 Å². The first-order valence-electron chi connectivity index (χ1n) is 9.30. The molecule has 0 spiro atoms. The van der Waals surface area contributed by atoms with Crippen LogP contribution in [-0.2, 0) is 4.74 Å². The monoisotopic (exact) mass is 372 g/mol. The molecular formula is C20H28N4O3. The minimum Gasteiger partial charge on any atom is -0.478 e. The summed E-state index contributed by atoms with van der Waals surface area (Å²) in [5.41, 5.74) is 1.11. The van der Waals surface area contributed by atoms with Crippen molar-refractivity contribution >= 4 is 22.9 Å². The molecule has 0 N–H and O–H groups in total. The van der Waals surface area contributed by atoms with Crippen LogP contribution in [0.2, 0.25) is 0 Å². The normalized spacial score (nSPS) is 17.2. The van der Waals surface area contributed by atoms with Crippen LogP contribution >= 0.6 is 0 Å². The van der Waals surface area contributed by atoms with Crippen molar-refractivity contribution in [2.75, 3.05) is 32.1 Å². The molecule has 1 aliphatic rings. The van der Waals surface area contributed by atoms with Crippen LogP contribution in [0.1, 0.15) is 33.6 Å². The molecule has 0 bridgehead atoms. The van der Waals surface area contributed by atoms with Gasteiger partial charge in [0.05, 0.1) is 24.2 Å².